The van der Waals surface area contributed by atoms with Gasteiger partial charge in [-0.25, -0.2) is 4.79 Å². The highest BCUT2D eigenvalue weighted by molar-refractivity contribution is 9.10. The normalized spacial score (nSPS) is 8.79. The lowest BCUT2D eigenvalue weighted by Crippen LogP contribution is -1.94. The molecule has 0 aliphatic carbocycles. The standard InChI is InChI=1S/C11H9BrO2/c1-8-4-3-5-9(11(8)12)6-7-10(13)14-2/h3-5H,1-2H3. The molecule has 1 aromatic carbocycles. The molecule has 14 heavy (non-hydrogen) atoms. The zero-order valence-corrected chi connectivity index (χ0v) is 9.51. The number of carbonyl (C=O) groups excluding carboxylic acids is 1. The number of aryl methyl sites for hydroxylation is 1. The second-order valence-corrected chi connectivity index (χ2v) is 3.47. The minimum absolute atomic E-state index is 0.529. The Hall–Kier alpha value is -1.27. The number of carbonyl (C=O) groups is 1. The van der Waals surface area contributed by atoms with Gasteiger partial charge in [-0.2, -0.15) is 0 Å². The van der Waals surface area contributed by atoms with Crippen molar-refractivity contribution in [3.05, 3.63) is 33.8 Å². The topological polar surface area (TPSA) is 26.3 Å². The largest absolute Gasteiger partial charge is 0.459 e. The van der Waals surface area contributed by atoms with E-state index >= 15 is 0 Å². The van der Waals surface area contributed by atoms with Crippen molar-refractivity contribution < 1.29 is 9.53 Å². The lowest BCUT2D eigenvalue weighted by atomic mass is 10.1. The fourth-order valence-corrected chi connectivity index (χ4v) is 1.28. The van der Waals surface area contributed by atoms with Gasteiger partial charge < -0.3 is 4.74 Å². The van der Waals surface area contributed by atoms with Gasteiger partial charge in [0.15, 0.2) is 0 Å². The van der Waals surface area contributed by atoms with Crippen LogP contribution >= 0.6 is 15.9 Å². The minimum atomic E-state index is -0.529. The number of hydrogen-bond donors (Lipinski definition) is 0. The fraction of sp³-hybridized carbons (Fsp3) is 0.182. The average Bonchev–Trinajstić information content (AvgIpc) is 2.20. The van der Waals surface area contributed by atoms with Gasteiger partial charge in [-0.05, 0) is 34.5 Å². The lowest BCUT2D eigenvalue weighted by molar-refractivity contribution is -0.133. The molecule has 0 heterocycles. The molecule has 0 spiro atoms. The van der Waals surface area contributed by atoms with Crippen molar-refractivity contribution in [2.75, 3.05) is 7.11 Å². The van der Waals surface area contributed by atoms with Crippen molar-refractivity contribution in [3.8, 4) is 11.8 Å². The Kier molecular flexibility index (Phi) is 3.73. The molecule has 1 aromatic rings. The average molecular weight is 253 g/mol. The molecule has 0 aliphatic rings. The van der Waals surface area contributed by atoms with E-state index in [-0.39, 0.29) is 0 Å². The Balaban J connectivity index is 3.01. The van der Waals surface area contributed by atoms with E-state index in [2.05, 4.69) is 32.5 Å². The third-order valence-electron chi connectivity index (χ3n) is 1.68. The van der Waals surface area contributed by atoms with E-state index in [1.165, 1.54) is 7.11 Å². The summed E-state index contributed by atoms with van der Waals surface area (Å²) in [5.41, 5.74) is 1.87. The van der Waals surface area contributed by atoms with E-state index in [9.17, 15) is 4.79 Å². The molecule has 1 rings (SSSR count). The van der Waals surface area contributed by atoms with Crippen LogP contribution in [0.1, 0.15) is 11.1 Å². The number of rotatable bonds is 0. The predicted octanol–water partition coefficient (Wildman–Crippen LogP) is 2.28. The molecule has 0 atom stereocenters. The van der Waals surface area contributed by atoms with Gasteiger partial charge in [-0.3, -0.25) is 0 Å². The number of esters is 1. The first-order valence-electron chi connectivity index (χ1n) is 4.00. The first-order valence-corrected chi connectivity index (χ1v) is 4.79. The van der Waals surface area contributed by atoms with Gasteiger partial charge in [0.25, 0.3) is 0 Å². The number of hydrogen-bond acceptors (Lipinski definition) is 2. The second-order valence-electron chi connectivity index (χ2n) is 2.68. The highest BCUT2D eigenvalue weighted by Gasteiger charge is 1.99. The van der Waals surface area contributed by atoms with E-state index in [1.807, 2.05) is 25.1 Å². The molecule has 72 valence electrons. The van der Waals surface area contributed by atoms with Crippen LogP contribution < -0.4 is 0 Å². The van der Waals surface area contributed by atoms with Crippen LogP contribution in [-0.2, 0) is 9.53 Å². The fourth-order valence-electron chi connectivity index (χ4n) is 0.913. The SMILES string of the molecule is COC(=O)C#Cc1cccc(C)c1Br. The number of methoxy groups -OCH3 is 1. The summed E-state index contributed by atoms with van der Waals surface area (Å²) in [6, 6.07) is 5.70. The van der Waals surface area contributed by atoms with Gasteiger partial charge in [0.2, 0.25) is 0 Å². The predicted molar refractivity (Wildman–Crippen MR) is 57.8 cm³/mol. The lowest BCUT2D eigenvalue weighted by Gasteiger charge is -1.98. The molecule has 0 aliphatic heterocycles. The summed E-state index contributed by atoms with van der Waals surface area (Å²) in [5, 5.41) is 0. The van der Waals surface area contributed by atoms with Gasteiger partial charge in [0.1, 0.15) is 0 Å². The van der Waals surface area contributed by atoms with Crippen LogP contribution in [0, 0.1) is 18.8 Å². The van der Waals surface area contributed by atoms with Crippen molar-refractivity contribution in [2.45, 2.75) is 6.92 Å². The molecule has 0 amide bonds. The smallest absolute Gasteiger partial charge is 0.384 e. The summed E-state index contributed by atoms with van der Waals surface area (Å²) in [6.07, 6.45) is 0. The summed E-state index contributed by atoms with van der Waals surface area (Å²) in [7, 11) is 1.31. The van der Waals surface area contributed by atoms with E-state index in [0.717, 1.165) is 15.6 Å². The number of benzene rings is 1. The molecule has 2 nitrogen and oxygen atoms in total. The zero-order valence-electron chi connectivity index (χ0n) is 7.93. The zero-order chi connectivity index (χ0) is 10.6. The van der Waals surface area contributed by atoms with Crippen LogP contribution in [0.2, 0.25) is 0 Å². The summed E-state index contributed by atoms with van der Waals surface area (Å²) < 4.78 is 5.33. The van der Waals surface area contributed by atoms with Gasteiger partial charge in [0.05, 0.1) is 7.11 Å². The monoisotopic (exact) mass is 252 g/mol. The highest BCUT2D eigenvalue weighted by Crippen LogP contribution is 2.19. The third-order valence-corrected chi connectivity index (χ3v) is 2.73. The molecule has 0 saturated heterocycles. The molecule has 0 unspecified atom stereocenters. The van der Waals surface area contributed by atoms with E-state index in [4.69, 9.17) is 0 Å². The summed E-state index contributed by atoms with van der Waals surface area (Å²) in [6.45, 7) is 1.97. The second kappa shape index (κ2) is 4.83. The molecule has 0 fully saturated rings. The van der Waals surface area contributed by atoms with Gasteiger partial charge >= 0.3 is 5.97 Å². The van der Waals surface area contributed by atoms with Crippen molar-refractivity contribution in [3.63, 3.8) is 0 Å². The van der Waals surface area contributed by atoms with Gasteiger partial charge in [-0.1, -0.05) is 18.1 Å². The van der Waals surface area contributed by atoms with Crippen LogP contribution in [0.15, 0.2) is 22.7 Å². The van der Waals surface area contributed by atoms with Crippen molar-refractivity contribution in [1.29, 1.82) is 0 Å². The Morgan fingerprint density at radius 3 is 2.86 bits per heavy atom. The Morgan fingerprint density at radius 1 is 1.50 bits per heavy atom. The quantitative estimate of drug-likeness (QED) is 0.523. The summed E-state index contributed by atoms with van der Waals surface area (Å²) >= 11 is 3.40. The maximum absolute atomic E-state index is 10.8. The molecule has 0 N–H and O–H groups in total. The summed E-state index contributed by atoms with van der Waals surface area (Å²) in [4.78, 5) is 10.8. The van der Waals surface area contributed by atoms with Crippen molar-refractivity contribution >= 4 is 21.9 Å². The van der Waals surface area contributed by atoms with E-state index in [1.54, 1.807) is 0 Å². The van der Waals surface area contributed by atoms with Gasteiger partial charge in [-0.15, -0.1) is 0 Å². The van der Waals surface area contributed by atoms with Crippen LogP contribution in [0.3, 0.4) is 0 Å². The highest BCUT2D eigenvalue weighted by atomic mass is 79.9. The molecule has 3 heteroatoms. The molecular formula is C11H9BrO2. The Morgan fingerprint density at radius 2 is 2.21 bits per heavy atom. The molecule has 0 radical (unpaired) electrons. The molecular weight excluding hydrogens is 244 g/mol. The Labute approximate surface area is 91.4 Å². The van der Waals surface area contributed by atoms with Gasteiger partial charge in [0, 0.05) is 16.0 Å². The maximum atomic E-state index is 10.8. The maximum Gasteiger partial charge on any atom is 0.384 e. The first-order chi connectivity index (χ1) is 6.65. The molecule has 0 saturated carbocycles. The third kappa shape index (κ3) is 2.61. The molecule has 0 bridgehead atoms. The summed E-state index contributed by atoms with van der Waals surface area (Å²) in [5.74, 6) is 4.58. The van der Waals surface area contributed by atoms with Crippen molar-refractivity contribution in [1.82, 2.24) is 0 Å². The Bertz CT molecular complexity index is 413. The molecule has 0 aromatic heterocycles. The van der Waals surface area contributed by atoms with Crippen LogP contribution in [0.5, 0.6) is 0 Å². The number of halogens is 1. The van der Waals surface area contributed by atoms with E-state index < -0.39 is 5.97 Å². The van der Waals surface area contributed by atoms with Crippen molar-refractivity contribution in [2.24, 2.45) is 0 Å². The van der Waals surface area contributed by atoms with Crippen LogP contribution in [0.25, 0.3) is 0 Å². The first kappa shape index (κ1) is 10.8. The van der Waals surface area contributed by atoms with E-state index in [0.29, 0.717) is 0 Å². The van der Waals surface area contributed by atoms with Crippen LogP contribution in [-0.4, -0.2) is 13.1 Å². The van der Waals surface area contributed by atoms with Crippen LogP contribution in [0.4, 0.5) is 0 Å². The number of ether oxygens (including phenoxy) is 1. The minimum Gasteiger partial charge on any atom is -0.459 e.